The third-order valence-electron chi connectivity index (χ3n) is 0. The second-order valence-corrected chi connectivity index (χ2v) is 0. The van der Waals surface area contributed by atoms with Gasteiger partial charge in [-0.2, -0.15) is 0 Å². The predicted molar refractivity (Wildman–Crippen MR) is 7.25 cm³/mol. The van der Waals surface area contributed by atoms with Gasteiger partial charge in [0, 0.05) is 0 Å². The molecule has 0 rings (SSSR count). The van der Waals surface area contributed by atoms with E-state index in [1.165, 1.54) is 0 Å². The van der Waals surface area contributed by atoms with Gasteiger partial charge in [-0.25, -0.2) is 0 Å². The van der Waals surface area contributed by atoms with Crippen molar-refractivity contribution in [1.82, 2.24) is 0 Å². The second-order valence-electron chi connectivity index (χ2n) is 0. The van der Waals surface area contributed by atoms with Gasteiger partial charge < -0.3 is 49.6 Å². The summed E-state index contributed by atoms with van der Waals surface area (Å²) in [6.07, 6.45) is 0. The first-order valence-corrected chi connectivity index (χ1v) is 0. The molecule has 6 heavy (non-hydrogen) atoms. The van der Waals surface area contributed by atoms with E-state index < -0.39 is 0 Å². The van der Waals surface area contributed by atoms with E-state index in [0.29, 0.717) is 0 Å². The van der Waals surface area contributed by atoms with E-state index in [4.69, 9.17) is 0 Å². The van der Waals surface area contributed by atoms with Crippen LogP contribution in [0.1, 0.15) is 0 Å². The van der Waals surface area contributed by atoms with Crippen molar-refractivity contribution in [3.63, 3.8) is 0 Å². The van der Waals surface area contributed by atoms with Gasteiger partial charge in [-0.15, -0.1) is 12.4 Å². The summed E-state index contributed by atoms with van der Waals surface area (Å²) in [6.45, 7) is 0. The summed E-state index contributed by atoms with van der Waals surface area (Å²) >= 11 is 0. The molecule has 6 heteroatoms. The van der Waals surface area contributed by atoms with E-state index in [2.05, 4.69) is 0 Å². The van der Waals surface area contributed by atoms with Gasteiger partial charge >= 0.3 is 21.7 Å². The van der Waals surface area contributed by atoms with Gasteiger partial charge in [-0.1, -0.05) is 0 Å². The van der Waals surface area contributed by atoms with Crippen LogP contribution in [0, 0.1) is 0 Å². The fourth-order valence-electron chi connectivity index (χ4n) is 0. The van der Waals surface area contributed by atoms with Crippen molar-refractivity contribution in [3.05, 3.63) is 0 Å². The van der Waals surface area contributed by atoms with Crippen molar-refractivity contribution in [3.8, 4) is 0 Å². The Bertz CT molecular complexity index is 3.90. The molecule has 0 radical (unpaired) electrons. The standard InChI is InChI=1S/5ClH.Ti/h5*1H;/q;;;;;+2/p-4. The van der Waals surface area contributed by atoms with Crippen LogP contribution in [0.4, 0.5) is 0 Å². The van der Waals surface area contributed by atoms with E-state index in [0.717, 1.165) is 0 Å². The molecule has 0 aliphatic heterocycles. The average molecular weight is 226 g/mol. The van der Waals surface area contributed by atoms with Gasteiger partial charge in [-0.3, -0.25) is 0 Å². The zero-order valence-electron chi connectivity index (χ0n) is 2.42. The molecule has 0 atom stereocenters. The molecule has 42 valence electrons. The maximum absolute atomic E-state index is 0. The third kappa shape index (κ3) is 35.1. The molecule has 0 aromatic heterocycles. The molecule has 0 nitrogen and oxygen atoms in total. The maximum atomic E-state index is 0. The predicted octanol–water partition coefficient (Wildman–Crippen LogP) is -11.6. The molecule has 0 saturated heterocycles. The smallest absolute Gasteiger partial charge is 1.00 e. The molecule has 0 unspecified atom stereocenters. The first kappa shape index (κ1) is 89.5. The van der Waals surface area contributed by atoms with Crippen LogP contribution < -0.4 is 49.6 Å². The molecular formula is HCl5Ti-2. The first-order chi connectivity index (χ1) is 0. The van der Waals surface area contributed by atoms with Gasteiger partial charge in [0.2, 0.25) is 0 Å². The van der Waals surface area contributed by atoms with Crippen LogP contribution in [0.25, 0.3) is 0 Å². The Morgan fingerprint density at radius 2 is 0.500 bits per heavy atom. The monoisotopic (exact) mass is 224 g/mol. The van der Waals surface area contributed by atoms with Crippen molar-refractivity contribution in [2.24, 2.45) is 0 Å². The zero-order chi connectivity index (χ0) is 0. The molecule has 0 amide bonds. The molecule has 0 bridgehead atoms. The molecule has 0 fully saturated rings. The number of hydrogen-bond donors (Lipinski definition) is 0. The summed E-state index contributed by atoms with van der Waals surface area (Å²) < 4.78 is 0. The van der Waals surface area contributed by atoms with Gasteiger partial charge in [0.25, 0.3) is 0 Å². The van der Waals surface area contributed by atoms with Crippen LogP contribution in [0.5, 0.6) is 0 Å². The summed E-state index contributed by atoms with van der Waals surface area (Å²) in [5, 5.41) is 0. The van der Waals surface area contributed by atoms with Gasteiger partial charge in [-0.05, 0) is 0 Å². The minimum absolute atomic E-state index is 0. The fourth-order valence-corrected chi connectivity index (χ4v) is 0. The van der Waals surface area contributed by atoms with Crippen LogP contribution in [0.2, 0.25) is 0 Å². The molecule has 0 aromatic carbocycles. The average Bonchev–Trinajstić information content (AvgIpc) is 0. The largest absolute Gasteiger partial charge is 2.00 e. The molecule has 0 saturated carbocycles. The molecule has 0 aliphatic carbocycles. The summed E-state index contributed by atoms with van der Waals surface area (Å²) in [6, 6.07) is 0. The Morgan fingerprint density at radius 3 is 0.500 bits per heavy atom. The van der Waals surface area contributed by atoms with E-state index in [1.807, 2.05) is 0 Å². The van der Waals surface area contributed by atoms with Crippen molar-refractivity contribution in [1.29, 1.82) is 0 Å². The quantitative estimate of drug-likeness (QED) is 0.360. The third-order valence-corrected chi connectivity index (χ3v) is 0. The first-order valence-electron chi connectivity index (χ1n) is 0. The number of rotatable bonds is 0. The van der Waals surface area contributed by atoms with E-state index in [1.54, 1.807) is 0 Å². The molecule has 0 heterocycles. The Labute approximate surface area is 83.1 Å². The summed E-state index contributed by atoms with van der Waals surface area (Å²) in [4.78, 5) is 0. The van der Waals surface area contributed by atoms with E-state index >= 15 is 0 Å². The molecule has 0 aromatic rings. The van der Waals surface area contributed by atoms with Crippen LogP contribution in [0.3, 0.4) is 0 Å². The van der Waals surface area contributed by atoms with Gasteiger partial charge in [0.1, 0.15) is 0 Å². The van der Waals surface area contributed by atoms with Crippen LogP contribution in [0.15, 0.2) is 0 Å². The van der Waals surface area contributed by atoms with Crippen molar-refractivity contribution in [2.45, 2.75) is 0 Å². The molecular weight excluding hydrogens is 225 g/mol. The van der Waals surface area contributed by atoms with Crippen molar-refractivity contribution < 1.29 is 71.3 Å². The van der Waals surface area contributed by atoms with Gasteiger partial charge in [0.05, 0.1) is 0 Å². The minimum Gasteiger partial charge on any atom is -1.00 e. The normalized spacial score (nSPS) is 0. The van der Waals surface area contributed by atoms with E-state index in [-0.39, 0.29) is 83.8 Å². The van der Waals surface area contributed by atoms with Crippen LogP contribution in [-0.4, -0.2) is 0 Å². The SMILES string of the molecule is Cl.[Cl-].[Cl-].[Cl-].[Cl-].[Ti+2]. The Hall–Kier alpha value is 2.16. The molecule has 0 spiro atoms. The Balaban J connectivity index is 0. The van der Waals surface area contributed by atoms with Crippen molar-refractivity contribution >= 4 is 12.4 Å². The molecule has 0 aliphatic rings. The molecule has 0 N–H and O–H groups in total. The van der Waals surface area contributed by atoms with Crippen LogP contribution >= 0.6 is 12.4 Å². The van der Waals surface area contributed by atoms with Gasteiger partial charge in [0.15, 0.2) is 0 Å². The minimum atomic E-state index is 0. The Kier molecular flexibility index (Phi) is 867. The zero-order valence-corrected chi connectivity index (χ0v) is 7.82. The Morgan fingerprint density at radius 1 is 0.500 bits per heavy atom. The summed E-state index contributed by atoms with van der Waals surface area (Å²) in [5.74, 6) is 0. The topological polar surface area (TPSA) is 0 Å². The number of hydrogen-bond acceptors (Lipinski definition) is 0. The number of halogens is 5. The fraction of sp³-hybridized carbons (Fsp3) is 0. The van der Waals surface area contributed by atoms with E-state index in [9.17, 15) is 0 Å². The van der Waals surface area contributed by atoms with Crippen LogP contribution in [-0.2, 0) is 21.7 Å². The van der Waals surface area contributed by atoms with Crippen molar-refractivity contribution in [2.75, 3.05) is 0 Å². The maximum Gasteiger partial charge on any atom is 2.00 e. The summed E-state index contributed by atoms with van der Waals surface area (Å²) in [7, 11) is 0. The second kappa shape index (κ2) is 58.1. The summed E-state index contributed by atoms with van der Waals surface area (Å²) in [5.41, 5.74) is 0.